The third-order valence-corrected chi connectivity index (χ3v) is 7.14. The molecule has 2 fully saturated rings. The van der Waals surface area contributed by atoms with Crippen LogP contribution in [-0.4, -0.2) is 6.36 Å². The van der Waals surface area contributed by atoms with E-state index in [1.807, 2.05) is 12.1 Å². The minimum atomic E-state index is -4.65. The first kappa shape index (κ1) is 23.4. The Morgan fingerprint density at radius 1 is 1.00 bits per heavy atom. The predicted molar refractivity (Wildman–Crippen MR) is 116 cm³/mol. The molecule has 2 saturated carbocycles. The molecule has 0 aliphatic heterocycles. The Balaban J connectivity index is 1.42. The highest BCUT2D eigenvalue weighted by molar-refractivity contribution is 5.30. The zero-order valence-corrected chi connectivity index (χ0v) is 18.0. The molecular weight excluding hydrogens is 399 g/mol. The summed E-state index contributed by atoms with van der Waals surface area (Å²) in [6.45, 7) is 4.49. The summed E-state index contributed by atoms with van der Waals surface area (Å²) in [5, 5.41) is 8.56. The lowest BCUT2D eigenvalue weighted by molar-refractivity contribution is -0.274. The number of nitriles is 1. The summed E-state index contributed by atoms with van der Waals surface area (Å²) in [5.74, 6) is 2.22. The van der Waals surface area contributed by atoms with Crippen LogP contribution in [0.3, 0.4) is 0 Å². The zero-order valence-electron chi connectivity index (χ0n) is 18.0. The highest BCUT2D eigenvalue weighted by Gasteiger charge is 2.32. The molecule has 5 heteroatoms. The Labute approximate surface area is 183 Å². The average molecular weight is 432 g/mol. The summed E-state index contributed by atoms with van der Waals surface area (Å²) in [7, 11) is 0. The first-order chi connectivity index (χ1) is 14.9. The molecule has 1 aromatic carbocycles. The third kappa shape index (κ3) is 7.16. The number of benzene rings is 1. The Kier molecular flexibility index (Phi) is 8.23. The first-order valence-electron chi connectivity index (χ1n) is 11.4. The van der Waals surface area contributed by atoms with Gasteiger partial charge in [0.05, 0.1) is 6.07 Å². The van der Waals surface area contributed by atoms with Crippen molar-refractivity contribution >= 4 is 0 Å². The molecule has 0 N–H and O–H groups in total. The lowest BCUT2D eigenvalue weighted by Gasteiger charge is -2.36. The Hall–Kier alpha value is -2.22. The number of allylic oxidation sites excluding steroid dienone is 3. The lowest BCUT2D eigenvalue weighted by Crippen LogP contribution is -2.22. The van der Waals surface area contributed by atoms with Gasteiger partial charge in [-0.05, 0) is 106 Å². The van der Waals surface area contributed by atoms with E-state index in [9.17, 15) is 13.2 Å². The number of halogens is 3. The lowest BCUT2D eigenvalue weighted by atomic mass is 9.69. The van der Waals surface area contributed by atoms with Crippen molar-refractivity contribution in [2.45, 2.75) is 76.5 Å². The van der Waals surface area contributed by atoms with E-state index in [0.29, 0.717) is 17.8 Å². The molecule has 168 valence electrons. The monoisotopic (exact) mass is 431 g/mol. The van der Waals surface area contributed by atoms with Gasteiger partial charge in [0.2, 0.25) is 0 Å². The molecule has 0 spiro atoms. The van der Waals surface area contributed by atoms with Crippen molar-refractivity contribution < 1.29 is 17.9 Å². The first-order valence-corrected chi connectivity index (χ1v) is 11.4. The van der Waals surface area contributed by atoms with E-state index in [0.717, 1.165) is 43.6 Å². The minimum absolute atomic E-state index is 0.157. The van der Waals surface area contributed by atoms with Crippen molar-refractivity contribution in [1.82, 2.24) is 0 Å². The van der Waals surface area contributed by atoms with Gasteiger partial charge in [0.25, 0.3) is 0 Å². The summed E-state index contributed by atoms with van der Waals surface area (Å²) in [4.78, 5) is 0. The number of alkyl halides is 3. The third-order valence-electron chi connectivity index (χ3n) is 7.14. The van der Waals surface area contributed by atoms with Crippen LogP contribution >= 0.6 is 0 Å². The van der Waals surface area contributed by atoms with Crippen molar-refractivity contribution in [3.63, 3.8) is 0 Å². The van der Waals surface area contributed by atoms with Gasteiger partial charge >= 0.3 is 6.36 Å². The van der Waals surface area contributed by atoms with Gasteiger partial charge in [-0.2, -0.15) is 5.26 Å². The van der Waals surface area contributed by atoms with Crippen molar-refractivity contribution in [2.75, 3.05) is 0 Å². The van der Waals surface area contributed by atoms with Crippen LogP contribution in [0, 0.1) is 29.1 Å². The molecular formula is C26H32F3NO. The molecule has 2 nitrogen and oxygen atoms in total. The SMILES string of the molecule is C=C(C1CCC(CCC=CC#N)CC1)C1CCC(c2ccc(OC(F)(F)F)cc2)CC1. The summed E-state index contributed by atoms with van der Waals surface area (Å²) in [6.07, 6.45) is 10.4. The average Bonchev–Trinajstić information content (AvgIpc) is 2.76. The van der Waals surface area contributed by atoms with E-state index in [1.165, 1.54) is 49.8 Å². The number of hydrogen-bond donors (Lipinski definition) is 0. The molecule has 0 unspecified atom stereocenters. The molecule has 3 rings (SSSR count). The Morgan fingerprint density at radius 3 is 2.13 bits per heavy atom. The number of rotatable bonds is 7. The van der Waals surface area contributed by atoms with Crippen LogP contribution in [0.4, 0.5) is 13.2 Å². The number of nitrogens with zero attached hydrogens (tertiary/aromatic N) is 1. The highest BCUT2D eigenvalue weighted by Crippen LogP contribution is 2.44. The maximum Gasteiger partial charge on any atom is 0.573 e. The van der Waals surface area contributed by atoms with Crippen LogP contribution in [0.15, 0.2) is 48.6 Å². The largest absolute Gasteiger partial charge is 0.573 e. The van der Waals surface area contributed by atoms with E-state index < -0.39 is 6.36 Å². The molecule has 0 saturated heterocycles. The number of ether oxygens (including phenoxy) is 1. The van der Waals surface area contributed by atoms with Gasteiger partial charge in [-0.1, -0.05) is 30.4 Å². The second kappa shape index (κ2) is 10.9. The maximum absolute atomic E-state index is 12.3. The molecule has 0 bridgehead atoms. The summed E-state index contributed by atoms with van der Waals surface area (Å²) < 4.78 is 41.0. The van der Waals surface area contributed by atoms with Gasteiger partial charge in [-0.25, -0.2) is 0 Å². The van der Waals surface area contributed by atoms with Crippen LogP contribution < -0.4 is 4.74 Å². The fraction of sp³-hybridized carbons (Fsp3) is 0.577. The van der Waals surface area contributed by atoms with E-state index in [2.05, 4.69) is 11.3 Å². The van der Waals surface area contributed by atoms with Crippen molar-refractivity contribution in [1.29, 1.82) is 5.26 Å². The van der Waals surface area contributed by atoms with E-state index in [4.69, 9.17) is 5.26 Å². The predicted octanol–water partition coefficient (Wildman–Crippen LogP) is 8.08. The smallest absolute Gasteiger partial charge is 0.406 e. The van der Waals surface area contributed by atoms with Crippen LogP contribution in [0.5, 0.6) is 5.75 Å². The van der Waals surface area contributed by atoms with Crippen molar-refractivity contribution in [2.24, 2.45) is 17.8 Å². The molecule has 0 heterocycles. The summed E-state index contributed by atoms with van der Waals surface area (Å²) >= 11 is 0. The van der Waals surface area contributed by atoms with Crippen molar-refractivity contribution in [3.8, 4) is 11.8 Å². The van der Waals surface area contributed by atoms with Gasteiger partial charge in [0.15, 0.2) is 0 Å². The van der Waals surface area contributed by atoms with Crippen LogP contribution in [0.25, 0.3) is 0 Å². The van der Waals surface area contributed by atoms with Gasteiger partial charge < -0.3 is 4.74 Å². The molecule has 1 aromatic rings. The molecule has 0 atom stereocenters. The van der Waals surface area contributed by atoms with Crippen LogP contribution in [0.1, 0.15) is 75.7 Å². The molecule has 0 amide bonds. The summed E-state index contributed by atoms with van der Waals surface area (Å²) in [5.41, 5.74) is 2.53. The quantitative estimate of drug-likeness (QED) is 0.323. The molecule has 2 aliphatic carbocycles. The topological polar surface area (TPSA) is 33.0 Å². The van der Waals surface area contributed by atoms with Crippen LogP contribution in [0.2, 0.25) is 0 Å². The van der Waals surface area contributed by atoms with Gasteiger partial charge in [-0.3, -0.25) is 0 Å². The van der Waals surface area contributed by atoms with Gasteiger partial charge in [0.1, 0.15) is 5.75 Å². The fourth-order valence-electron chi connectivity index (χ4n) is 5.36. The molecule has 0 radical (unpaired) electrons. The van der Waals surface area contributed by atoms with E-state index in [-0.39, 0.29) is 5.75 Å². The normalized spacial score (nSPS) is 27.0. The van der Waals surface area contributed by atoms with Gasteiger partial charge in [0, 0.05) is 6.08 Å². The molecule has 2 aliphatic rings. The highest BCUT2D eigenvalue weighted by atomic mass is 19.4. The Morgan fingerprint density at radius 2 is 1.58 bits per heavy atom. The van der Waals surface area contributed by atoms with Gasteiger partial charge in [-0.15, -0.1) is 13.2 Å². The number of hydrogen-bond acceptors (Lipinski definition) is 2. The zero-order chi connectivity index (χ0) is 22.3. The van der Waals surface area contributed by atoms with E-state index >= 15 is 0 Å². The fourth-order valence-corrected chi connectivity index (χ4v) is 5.36. The van der Waals surface area contributed by atoms with Crippen molar-refractivity contribution in [3.05, 3.63) is 54.1 Å². The Bertz CT molecular complexity index is 774. The standard InChI is InChI=1S/C26H32F3NO/c1-19(21-8-6-20(7-9-21)5-3-2-4-18-30)22-10-12-23(13-11-22)24-14-16-25(17-15-24)31-26(27,28)29/h2,4,14-17,20-23H,1,3,5-13H2. The summed E-state index contributed by atoms with van der Waals surface area (Å²) in [6, 6.07) is 8.43. The molecule has 31 heavy (non-hydrogen) atoms. The maximum atomic E-state index is 12.3. The van der Waals surface area contributed by atoms with Crippen LogP contribution in [-0.2, 0) is 0 Å². The van der Waals surface area contributed by atoms with E-state index in [1.54, 1.807) is 18.2 Å². The second-order valence-corrected chi connectivity index (χ2v) is 9.07. The second-order valence-electron chi connectivity index (χ2n) is 9.07. The minimum Gasteiger partial charge on any atom is -0.406 e. The molecule has 0 aromatic heterocycles.